The number of anilines is 1. The lowest BCUT2D eigenvalue weighted by atomic mass is 10.1. The van der Waals surface area contributed by atoms with Crippen molar-refractivity contribution >= 4 is 11.7 Å². The van der Waals surface area contributed by atoms with Crippen LogP contribution in [-0.2, 0) is 6.42 Å². The molecule has 0 radical (unpaired) electrons. The summed E-state index contributed by atoms with van der Waals surface area (Å²) in [6.45, 7) is 0. The van der Waals surface area contributed by atoms with E-state index in [1.54, 1.807) is 18.3 Å². The van der Waals surface area contributed by atoms with Crippen LogP contribution in [0.25, 0.3) is 0 Å². The summed E-state index contributed by atoms with van der Waals surface area (Å²) in [4.78, 5) is 19.3. The number of nitrogens with two attached hydrogens (primary N) is 2. The van der Waals surface area contributed by atoms with Crippen LogP contribution in [0.3, 0.4) is 0 Å². The van der Waals surface area contributed by atoms with E-state index in [1.807, 2.05) is 18.2 Å². The molecule has 5 heteroatoms. The molecule has 0 aliphatic carbocycles. The topological polar surface area (TPSA) is 94.9 Å². The van der Waals surface area contributed by atoms with Crippen molar-refractivity contribution in [1.82, 2.24) is 9.97 Å². The van der Waals surface area contributed by atoms with Crippen LogP contribution in [-0.4, -0.2) is 15.9 Å². The van der Waals surface area contributed by atoms with Gasteiger partial charge in [-0.2, -0.15) is 0 Å². The summed E-state index contributed by atoms with van der Waals surface area (Å²) in [7, 11) is 0. The van der Waals surface area contributed by atoms with E-state index in [4.69, 9.17) is 11.5 Å². The summed E-state index contributed by atoms with van der Waals surface area (Å²) in [5.41, 5.74) is 12.7. The second kappa shape index (κ2) is 4.61. The van der Waals surface area contributed by atoms with Crippen molar-refractivity contribution in [3.63, 3.8) is 0 Å². The number of hydrogen-bond donors (Lipinski definition) is 2. The van der Waals surface area contributed by atoms with Gasteiger partial charge in [-0.05, 0) is 24.3 Å². The van der Waals surface area contributed by atoms with E-state index in [9.17, 15) is 4.79 Å². The molecule has 0 saturated carbocycles. The number of hydrogen-bond acceptors (Lipinski definition) is 4. The van der Waals surface area contributed by atoms with Crippen LogP contribution in [0.4, 0.5) is 5.82 Å². The van der Waals surface area contributed by atoms with Crippen molar-refractivity contribution in [1.29, 1.82) is 0 Å². The first-order valence-electron chi connectivity index (χ1n) is 5.12. The average molecular weight is 228 g/mol. The third-order valence-electron chi connectivity index (χ3n) is 2.34. The summed E-state index contributed by atoms with van der Waals surface area (Å²) in [6, 6.07) is 8.97. The Balaban J connectivity index is 2.24. The largest absolute Gasteiger partial charge is 0.383 e. The van der Waals surface area contributed by atoms with Crippen molar-refractivity contribution in [2.24, 2.45) is 5.73 Å². The quantitative estimate of drug-likeness (QED) is 0.810. The van der Waals surface area contributed by atoms with Crippen molar-refractivity contribution in [2.75, 3.05) is 5.73 Å². The molecule has 0 atom stereocenters. The first kappa shape index (κ1) is 11.1. The molecule has 0 spiro atoms. The average Bonchev–Trinajstić information content (AvgIpc) is 2.30. The van der Waals surface area contributed by atoms with Crippen molar-refractivity contribution in [3.05, 3.63) is 53.5 Å². The zero-order valence-corrected chi connectivity index (χ0v) is 9.13. The Hall–Kier alpha value is -2.43. The van der Waals surface area contributed by atoms with Gasteiger partial charge in [0.05, 0.1) is 5.56 Å². The van der Waals surface area contributed by atoms with Gasteiger partial charge in [-0.25, -0.2) is 4.98 Å². The highest BCUT2D eigenvalue weighted by atomic mass is 16.1. The van der Waals surface area contributed by atoms with Crippen LogP contribution in [0.2, 0.25) is 0 Å². The molecule has 2 rings (SSSR count). The molecule has 2 aromatic heterocycles. The molecule has 2 aromatic rings. The fraction of sp³-hybridized carbons (Fsp3) is 0.0833. The molecule has 0 bridgehead atoms. The number of nitrogen functional groups attached to an aromatic ring is 1. The Morgan fingerprint density at radius 3 is 2.59 bits per heavy atom. The maximum absolute atomic E-state index is 11.0. The van der Waals surface area contributed by atoms with Crippen LogP contribution in [0.5, 0.6) is 0 Å². The normalized spacial score (nSPS) is 10.1. The highest BCUT2D eigenvalue weighted by molar-refractivity contribution is 5.97. The molecule has 0 aliphatic heterocycles. The Labute approximate surface area is 98.5 Å². The number of amides is 1. The van der Waals surface area contributed by atoms with E-state index in [-0.39, 0.29) is 11.4 Å². The minimum Gasteiger partial charge on any atom is -0.383 e. The predicted octanol–water partition coefficient (Wildman–Crippen LogP) is 0.748. The zero-order valence-electron chi connectivity index (χ0n) is 9.13. The molecular formula is C12H12N4O. The fourth-order valence-corrected chi connectivity index (χ4v) is 1.51. The first-order chi connectivity index (χ1) is 8.16. The van der Waals surface area contributed by atoms with E-state index >= 15 is 0 Å². The molecule has 0 unspecified atom stereocenters. The maximum Gasteiger partial charge on any atom is 0.252 e. The van der Waals surface area contributed by atoms with Gasteiger partial charge in [0.25, 0.3) is 5.91 Å². The van der Waals surface area contributed by atoms with Gasteiger partial charge >= 0.3 is 0 Å². The predicted molar refractivity (Wildman–Crippen MR) is 64.2 cm³/mol. The monoisotopic (exact) mass is 228 g/mol. The molecule has 0 aliphatic rings. The van der Waals surface area contributed by atoms with Gasteiger partial charge in [0.15, 0.2) is 0 Å². The lowest BCUT2D eigenvalue weighted by Gasteiger charge is -2.04. The summed E-state index contributed by atoms with van der Waals surface area (Å²) < 4.78 is 0. The van der Waals surface area contributed by atoms with Gasteiger partial charge in [0.2, 0.25) is 0 Å². The molecule has 4 N–H and O–H groups in total. The van der Waals surface area contributed by atoms with Crippen LogP contribution < -0.4 is 11.5 Å². The van der Waals surface area contributed by atoms with E-state index in [1.165, 1.54) is 0 Å². The lowest BCUT2D eigenvalue weighted by molar-refractivity contribution is 0.100. The lowest BCUT2D eigenvalue weighted by Crippen LogP contribution is -2.15. The first-order valence-corrected chi connectivity index (χ1v) is 5.12. The highest BCUT2D eigenvalue weighted by Gasteiger charge is 2.08. The Morgan fingerprint density at radius 1 is 1.18 bits per heavy atom. The summed E-state index contributed by atoms with van der Waals surface area (Å²) >= 11 is 0. The molecular weight excluding hydrogens is 216 g/mol. The van der Waals surface area contributed by atoms with Gasteiger partial charge in [0.1, 0.15) is 5.82 Å². The van der Waals surface area contributed by atoms with E-state index in [2.05, 4.69) is 9.97 Å². The molecule has 17 heavy (non-hydrogen) atoms. The standard InChI is InChI=1S/C12H12N4O/c13-11-10(12(14)17)5-4-9(16-11)7-8-3-1-2-6-15-8/h1-6H,7H2,(H2,13,16)(H2,14,17). The Kier molecular flexibility index (Phi) is 3.00. The van der Waals surface area contributed by atoms with E-state index in [0.717, 1.165) is 11.4 Å². The van der Waals surface area contributed by atoms with Crippen LogP contribution in [0.15, 0.2) is 36.5 Å². The smallest absolute Gasteiger partial charge is 0.252 e. The van der Waals surface area contributed by atoms with Gasteiger partial charge in [0, 0.05) is 24.0 Å². The third-order valence-corrected chi connectivity index (χ3v) is 2.34. The summed E-state index contributed by atoms with van der Waals surface area (Å²) in [5.74, 6) is -0.412. The fourth-order valence-electron chi connectivity index (χ4n) is 1.51. The minimum atomic E-state index is -0.570. The van der Waals surface area contributed by atoms with Crippen LogP contribution in [0.1, 0.15) is 21.7 Å². The van der Waals surface area contributed by atoms with Gasteiger partial charge in [-0.1, -0.05) is 6.07 Å². The van der Waals surface area contributed by atoms with Gasteiger partial charge < -0.3 is 11.5 Å². The molecule has 0 aromatic carbocycles. The highest BCUT2D eigenvalue weighted by Crippen LogP contribution is 2.11. The number of aromatic nitrogens is 2. The molecule has 1 amide bonds. The number of carbonyl (C=O) groups is 1. The Bertz CT molecular complexity index is 539. The SMILES string of the molecule is NC(=O)c1ccc(Cc2ccccn2)nc1N. The van der Waals surface area contributed by atoms with Crippen LogP contribution in [0, 0.1) is 0 Å². The van der Waals surface area contributed by atoms with Crippen molar-refractivity contribution in [3.8, 4) is 0 Å². The minimum absolute atomic E-state index is 0.158. The van der Waals surface area contributed by atoms with Gasteiger partial charge in [-0.3, -0.25) is 9.78 Å². The number of rotatable bonds is 3. The molecule has 0 saturated heterocycles. The third kappa shape index (κ3) is 2.57. The zero-order chi connectivity index (χ0) is 12.3. The van der Waals surface area contributed by atoms with E-state index < -0.39 is 5.91 Å². The number of nitrogens with zero attached hydrogens (tertiary/aromatic N) is 2. The molecule has 86 valence electrons. The van der Waals surface area contributed by atoms with Crippen LogP contribution >= 0.6 is 0 Å². The number of pyridine rings is 2. The molecule has 5 nitrogen and oxygen atoms in total. The number of carbonyl (C=O) groups excluding carboxylic acids is 1. The number of primary amides is 1. The van der Waals surface area contributed by atoms with Crippen molar-refractivity contribution in [2.45, 2.75) is 6.42 Å². The van der Waals surface area contributed by atoms with E-state index in [0.29, 0.717) is 6.42 Å². The van der Waals surface area contributed by atoms with Gasteiger partial charge in [-0.15, -0.1) is 0 Å². The second-order valence-electron chi connectivity index (χ2n) is 3.60. The Morgan fingerprint density at radius 2 is 2.00 bits per heavy atom. The molecule has 0 fully saturated rings. The van der Waals surface area contributed by atoms with Crippen molar-refractivity contribution < 1.29 is 4.79 Å². The summed E-state index contributed by atoms with van der Waals surface area (Å²) in [5, 5.41) is 0. The summed E-state index contributed by atoms with van der Waals surface area (Å²) in [6.07, 6.45) is 2.29. The maximum atomic E-state index is 11.0. The second-order valence-corrected chi connectivity index (χ2v) is 3.60. The molecule has 2 heterocycles.